The molecule has 0 fully saturated rings. The first-order chi connectivity index (χ1) is 21.2. The SMILES string of the molecule is O=C1CCC(=O)N[C@H](Cc2cccs2)C(=O)NCC(=O)N[C@H](Cc2ccncc2)C(=O)N[C@H](C(=O)O)Cc2ccc(cc2)N1. The summed E-state index contributed by atoms with van der Waals surface area (Å²) in [4.78, 5) is 81.4. The van der Waals surface area contributed by atoms with Gasteiger partial charge in [0, 0.05) is 55.1 Å². The molecule has 2 aliphatic heterocycles. The number of aromatic nitrogens is 1. The number of amides is 5. The van der Waals surface area contributed by atoms with E-state index in [1.165, 1.54) is 23.7 Å². The number of rotatable bonds is 5. The van der Waals surface area contributed by atoms with Gasteiger partial charge in [0.15, 0.2) is 0 Å². The zero-order chi connectivity index (χ0) is 31.5. The van der Waals surface area contributed by atoms with Gasteiger partial charge in [0.25, 0.3) is 0 Å². The van der Waals surface area contributed by atoms with Crippen LogP contribution in [0, 0.1) is 0 Å². The van der Waals surface area contributed by atoms with Gasteiger partial charge < -0.3 is 31.7 Å². The summed E-state index contributed by atoms with van der Waals surface area (Å²) < 4.78 is 0. The van der Waals surface area contributed by atoms with Crippen molar-refractivity contribution in [2.24, 2.45) is 0 Å². The smallest absolute Gasteiger partial charge is 0.326 e. The number of hydrogen-bond acceptors (Lipinski definition) is 8. The summed E-state index contributed by atoms with van der Waals surface area (Å²) in [7, 11) is 0. The van der Waals surface area contributed by atoms with E-state index in [1.54, 1.807) is 42.5 Å². The van der Waals surface area contributed by atoms with Crippen molar-refractivity contribution >= 4 is 52.5 Å². The Kier molecular flexibility index (Phi) is 11.1. The standard InChI is InChI=1S/C30H32N6O7S/c37-25-7-8-26(38)34-23(16-21-2-1-13-44-21)28(40)32-17-27(39)35-22(14-19-9-11-31-12-10-19)29(41)36-24(30(42)43)15-18-3-5-20(33-25)6-4-18/h1-6,9-13,22-24H,7-8,14-17H2,(H,32,40)(H,33,37)(H,34,38)(H,35,39)(H,36,41)(H,42,43)/t22-,23-,24+/m1/s1. The minimum Gasteiger partial charge on any atom is -0.480 e. The van der Waals surface area contributed by atoms with Crippen molar-refractivity contribution in [2.75, 3.05) is 11.9 Å². The topological polar surface area (TPSA) is 196 Å². The van der Waals surface area contributed by atoms with E-state index in [0.29, 0.717) is 16.8 Å². The van der Waals surface area contributed by atoms with Gasteiger partial charge >= 0.3 is 5.97 Å². The lowest BCUT2D eigenvalue weighted by Crippen LogP contribution is -2.55. The molecule has 0 radical (unpaired) electrons. The molecule has 230 valence electrons. The lowest BCUT2D eigenvalue weighted by atomic mass is 10.0. The van der Waals surface area contributed by atoms with Crippen LogP contribution in [0.2, 0.25) is 0 Å². The Morgan fingerprint density at radius 3 is 2.18 bits per heavy atom. The third kappa shape index (κ3) is 9.73. The first-order valence-electron chi connectivity index (χ1n) is 13.9. The average Bonchev–Trinajstić information content (AvgIpc) is 3.52. The second-order valence-corrected chi connectivity index (χ2v) is 11.2. The molecular formula is C30H32N6O7S. The van der Waals surface area contributed by atoms with Gasteiger partial charge in [0.1, 0.15) is 18.1 Å². The maximum absolute atomic E-state index is 13.3. The van der Waals surface area contributed by atoms with Crippen LogP contribution >= 0.6 is 11.3 Å². The largest absolute Gasteiger partial charge is 0.480 e. The van der Waals surface area contributed by atoms with Crippen LogP contribution < -0.4 is 26.6 Å². The van der Waals surface area contributed by atoms with Crippen LogP contribution in [0.3, 0.4) is 0 Å². The highest BCUT2D eigenvalue weighted by molar-refractivity contribution is 7.09. The number of pyridine rings is 1. The average molecular weight is 621 g/mol. The summed E-state index contributed by atoms with van der Waals surface area (Å²) in [5, 5.41) is 24.6. The number of hydrogen-bond donors (Lipinski definition) is 6. The Bertz CT molecular complexity index is 1480. The van der Waals surface area contributed by atoms with Crippen LogP contribution in [0.25, 0.3) is 0 Å². The zero-order valence-electron chi connectivity index (χ0n) is 23.6. The summed E-state index contributed by atoms with van der Waals surface area (Å²) >= 11 is 1.40. The van der Waals surface area contributed by atoms with E-state index in [9.17, 15) is 33.9 Å². The lowest BCUT2D eigenvalue weighted by Gasteiger charge is -2.22. The van der Waals surface area contributed by atoms with Gasteiger partial charge in [0.2, 0.25) is 29.5 Å². The monoisotopic (exact) mass is 620 g/mol. The molecule has 2 aliphatic rings. The molecule has 5 amide bonds. The predicted octanol–water partition coefficient (Wildman–Crippen LogP) is 0.559. The number of carbonyl (C=O) groups is 6. The highest BCUT2D eigenvalue weighted by Crippen LogP contribution is 2.14. The van der Waals surface area contributed by atoms with Crippen molar-refractivity contribution in [1.82, 2.24) is 26.3 Å². The van der Waals surface area contributed by atoms with E-state index < -0.39 is 60.2 Å². The van der Waals surface area contributed by atoms with Crippen LogP contribution in [0.4, 0.5) is 5.69 Å². The molecule has 3 atom stereocenters. The van der Waals surface area contributed by atoms with E-state index in [1.807, 2.05) is 11.4 Å². The number of benzene rings is 1. The van der Waals surface area contributed by atoms with Gasteiger partial charge in [0.05, 0.1) is 6.54 Å². The number of carboxylic acid groups (broad SMARTS) is 1. The summed E-state index contributed by atoms with van der Waals surface area (Å²) in [6.45, 7) is -0.507. The van der Waals surface area contributed by atoms with Crippen LogP contribution in [0.1, 0.15) is 28.8 Å². The Morgan fingerprint density at radius 2 is 1.50 bits per heavy atom. The number of fused-ring (bicyclic) bond motifs is 18. The van der Waals surface area contributed by atoms with Crippen LogP contribution in [0.15, 0.2) is 66.3 Å². The summed E-state index contributed by atoms with van der Waals surface area (Å²) in [6, 6.07) is 9.84. The third-order valence-electron chi connectivity index (χ3n) is 6.77. The molecule has 4 heterocycles. The maximum atomic E-state index is 13.3. The highest BCUT2D eigenvalue weighted by Gasteiger charge is 2.28. The summed E-state index contributed by atoms with van der Waals surface area (Å²) in [5.41, 5.74) is 1.68. The molecular weight excluding hydrogens is 588 g/mol. The Morgan fingerprint density at radius 1 is 0.818 bits per heavy atom. The number of anilines is 1. The maximum Gasteiger partial charge on any atom is 0.326 e. The number of nitrogens with zero attached hydrogens (tertiary/aromatic N) is 1. The van der Waals surface area contributed by atoms with Gasteiger partial charge in [-0.05, 0) is 46.8 Å². The lowest BCUT2D eigenvalue weighted by molar-refractivity contribution is -0.142. The van der Waals surface area contributed by atoms with E-state index >= 15 is 0 Å². The Hall–Kier alpha value is -5.11. The molecule has 2 bridgehead atoms. The number of nitrogens with one attached hydrogen (secondary N) is 5. The molecule has 0 saturated carbocycles. The fourth-order valence-corrected chi connectivity index (χ4v) is 5.24. The quantitative estimate of drug-likeness (QED) is 0.223. The molecule has 6 N–H and O–H groups in total. The molecule has 2 aromatic heterocycles. The number of carboxylic acids is 1. The van der Waals surface area contributed by atoms with E-state index in [2.05, 4.69) is 31.6 Å². The van der Waals surface area contributed by atoms with E-state index in [4.69, 9.17) is 0 Å². The Balaban J connectivity index is 1.58. The molecule has 0 saturated heterocycles. The summed E-state index contributed by atoms with van der Waals surface area (Å²) in [5.74, 6) is -4.27. The molecule has 13 nitrogen and oxygen atoms in total. The van der Waals surface area contributed by atoms with Gasteiger partial charge in [-0.25, -0.2) is 4.79 Å². The molecule has 5 rings (SSSR count). The normalized spacial score (nSPS) is 20.7. The fourth-order valence-electron chi connectivity index (χ4n) is 4.49. The minimum atomic E-state index is -1.32. The second kappa shape index (κ2) is 15.4. The predicted molar refractivity (Wildman–Crippen MR) is 160 cm³/mol. The molecule has 3 aromatic rings. The van der Waals surface area contributed by atoms with Gasteiger partial charge in [-0.2, -0.15) is 0 Å². The molecule has 0 unspecified atom stereocenters. The van der Waals surface area contributed by atoms with Crippen molar-refractivity contribution < 1.29 is 33.9 Å². The van der Waals surface area contributed by atoms with Gasteiger partial charge in [-0.1, -0.05) is 18.2 Å². The number of aliphatic carboxylic acids is 1. The second-order valence-electron chi connectivity index (χ2n) is 10.1. The highest BCUT2D eigenvalue weighted by atomic mass is 32.1. The third-order valence-corrected chi connectivity index (χ3v) is 7.67. The molecule has 0 spiro atoms. The van der Waals surface area contributed by atoms with Gasteiger partial charge in [-0.15, -0.1) is 11.3 Å². The van der Waals surface area contributed by atoms with Crippen molar-refractivity contribution in [2.45, 2.75) is 50.2 Å². The molecule has 44 heavy (non-hydrogen) atoms. The van der Waals surface area contributed by atoms with Crippen LogP contribution in [-0.4, -0.2) is 70.3 Å². The van der Waals surface area contributed by atoms with Crippen molar-refractivity contribution in [1.29, 1.82) is 0 Å². The van der Waals surface area contributed by atoms with Crippen molar-refractivity contribution in [3.8, 4) is 0 Å². The van der Waals surface area contributed by atoms with Gasteiger partial charge in [-0.3, -0.25) is 29.0 Å². The summed E-state index contributed by atoms with van der Waals surface area (Å²) in [6.07, 6.45) is 2.87. The van der Waals surface area contributed by atoms with E-state index in [-0.39, 0.29) is 32.1 Å². The fraction of sp³-hybridized carbons (Fsp3) is 0.300. The molecule has 0 aliphatic carbocycles. The van der Waals surface area contributed by atoms with Crippen molar-refractivity contribution in [3.05, 3.63) is 82.3 Å². The number of carbonyl (C=O) groups excluding carboxylic acids is 5. The minimum absolute atomic E-state index is 0.0336. The molecule has 14 heteroatoms. The first-order valence-corrected chi connectivity index (χ1v) is 14.7. The number of thiophene rings is 1. The first kappa shape index (κ1) is 31.8. The zero-order valence-corrected chi connectivity index (χ0v) is 24.4. The van der Waals surface area contributed by atoms with Crippen LogP contribution in [-0.2, 0) is 48.0 Å². The van der Waals surface area contributed by atoms with Crippen LogP contribution in [0.5, 0.6) is 0 Å². The van der Waals surface area contributed by atoms with Crippen molar-refractivity contribution in [3.63, 3.8) is 0 Å². The van der Waals surface area contributed by atoms with E-state index in [0.717, 1.165) is 4.88 Å². The molecule has 1 aromatic carbocycles. The Labute approximate surface area is 256 Å².